The number of nitrogens with zero attached hydrogens (tertiary/aromatic N) is 2. The summed E-state index contributed by atoms with van der Waals surface area (Å²) in [6.07, 6.45) is 0.621. The maximum Gasteiger partial charge on any atom is 0.253 e. The number of halogens is 1. The number of likely N-dealkylation sites (tertiary alicyclic amines) is 1. The van der Waals surface area contributed by atoms with Gasteiger partial charge in [0.2, 0.25) is 5.91 Å². The van der Waals surface area contributed by atoms with Gasteiger partial charge in [0, 0.05) is 35.9 Å². The monoisotopic (exact) mass is 414 g/mol. The quantitative estimate of drug-likeness (QED) is 0.757. The molecule has 2 aromatic rings. The molecular weight excluding hydrogens is 396 g/mol. The largest absolute Gasteiger partial charge is 0.497 e. The third-order valence-electron chi connectivity index (χ3n) is 5.42. The number of ether oxygens (including phenoxy) is 1. The Morgan fingerprint density at radius 1 is 1.23 bits per heavy atom. The standard InChI is InChI=1S/C20H19BrN2O3/c1-22-17-7-6-15(26-2)11-16(17)20(19(22)25)8-9-23(12-20)18(24)13-4-3-5-14(21)10-13/h3-7,10-11H,8-9,12H2,1-2H3/t20-/m0/s1. The molecular formula is C20H19BrN2O3. The first-order valence-corrected chi connectivity index (χ1v) is 9.27. The van der Waals surface area contributed by atoms with Crippen molar-refractivity contribution in [1.29, 1.82) is 0 Å². The van der Waals surface area contributed by atoms with Crippen LogP contribution in [0.4, 0.5) is 5.69 Å². The fourth-order valence-corrected chi connectivity index (χ4v) is 4.44. The first-order valence-electron chi connectivity index (χ1n) is 8.48. The number of likely N-dealkylation sites (N-methyl/N-ethyl adjacent to an activating group) is 1. The van der Waals surface area contributed by atoms with Crippen LogP contribution < -0.4 is 9.64 Å². The zero-order valence-corrected chi connectivity index (χ0v) is 16.2. The Morgan fingerprint density at radius 3 is 2.77 bits per heavy atom. The maximum absolute atomic E-state index is 13.1. The molecule has 134 valence electrons. The van der Waals surface area contributed by atoms with Crippen molar-refractivity contribution in [3.63, 3.8) is 0 Å². The van der Waals surface area contributed by atoms with Crippen LogP contribution in [-0.2, 0) is 10.2 Å². The highest BCUT2D eigenvalue weighted by atomic mass is 79.9. The van der Waals surface area contributed by atoms with Gasteiger partial charge in [-0.1, -0.05) is 22.0 Å². The van der Waals surface area contributed by atoms with Crippen molar-refractivity contribution in [3.05, 3.63) is 58.1 Å². The first kappa shape index (κ1) is 17.1. The lowest BCUT2D eigenvalue weighted by Gasteiger charge is -2.23. The van der Waals surface area contributed by atoms with E-state index in [9.17, 15) is 9.59 Å². The molecule has 0 bridgehead atoms. The van der Waals surface area contributed by atoms with Crippen molar-refractivity contribution < 1.29 is 14.3 Å². The topological polar surface area (TPSA) is 49.9 Å². The Morgan fingerprint density at radius 2 is 2.04 bits per heavy atom. The van der Waals surface area contributed by atoms with Gasteiger partial charge in [-0.3, -0.25) is 9.59 Å². The van der Waals surface area contributed by atoms with E-state index in [1.165, 1.54) is 0 Å². The third-order valence-corrected chi connectivity index (χ3v) is 5.92. The molecule has 2 aliphatic rings. The number of anilines is 1. The average Bonchev–Trinajstić information content (AvgIpc) is 3.19. The SMILES string of the molecule is COc1ccc2c(c1)[C@@]1(CCN(C(=O)c3cccc(Br)c3)C1)C(=O)N2C. The van der Waals surface area contributed by atoms with Crippen LogP contribution in [0.5, 0.6) is 5.75 Å². The number of hydrogen-bond acceptors (Lipinski definition) is 3. The Labute approximate surface area is 160 Å². The van der Waals surface area contributed by atoms with Crippen molar-refractivity contribution in [1.82, 2.24) is 4.90 Å². The zero-order chi connectivity index (χ0) is 18.5. The summed E-state index contributed by atoms with van der Waals surface area (Å²) in [5.41, 5.74) is 1.79. The smallest absolute Gasteiger partial charge is 0.253 e. The van der Waals surface area contributed by atoms with Crippen LogP contribution in [0.15, 0.2) is 46.9 Å². The molecule has 4 rings (SSSR count). The lowest BCUT2D eigenvalue weighted by atomic mass is 9.81. The van der Waals surface area contributed by atoms with Crippen molar-refractivity contribution in [2.75, 3.05) is 32.1 Å². The Kier molecular flexibility index (Phi) is 4.03. The fourth-order valence-electron chi connectivity index (χ4n) is 4.05. The number of carbonyl (C=O) groups is 2. The second kappa shape index (κ2) is 6.13. The van der Waals surface area contributed by atoms with Crippen LogP contribution in [0, 0.1) is 0 Å². The van der Waals surface area contributed by atoms with Crippen molar-refractivity contribution in [2.24, 2.45) is 0 Å². The summed E-state index contributed by atoms with van der Waals surface area (Å²) >= 11 is 3.41. The van der Waals surface area contributed by atoms with Gasteiger partial charge in [-0.15, -0.1) is 0 Å². The third kappa shape index (κ3) is 2.43. The van der Waals surface area contributed by atoms with Gasteiger partial charge >= 0.3 is 0 Å². The summed E-state index contributed by atoms with van der Waals surface area (Å²) in [7, 11) is 3.41. The van der Waals surface area contributed by atoms with Crippen LogP contribution >= 0.6 is 15.9 Å². The lowest BCUT2D eigenvalue weighted by Crippen LogP contribution is -2.42. The fraction of sp³-hybridized carbons (Fsp3) is 0.300. The normalized spacial score (nSPS) is 21.4. The van der Waals surface area contributed by atoms with Gasteiger partial charge in [-0.05, 0) is 48.4 Å². The zero-order valence-electron chi connectivity index (χ0n) is 14.7. The molecule has 1 spiro atoms. The summed E-state index contributed by atoms with van der Waals surface area (Å²) in [5.74, 6) is 0.725. The van der Waals surface area contributed by atoms with Gasteiger partial charge < -0.3 is 14.5 Å². The average molecular weight is 415 g/mol. The van der Waals surface area contributed by atoms with E-state index >= 15 is 0 Å². The molecule has 5 nitrogen and oxygen atoms in total. The van der Waals surface area contributed by atoms with Gasteiger partial charge in [0.1, 0.15) is 5.75 Å². The van der Waals surface area contributed by atoms with Gasteiger partial charge in [0.15, 0.2) is 0 Å². The predicted molar refractivity (Wildman–Crippen MR) is 103 cm³/mol. The molecule has 2 heterocycles. The Balaban J connectivity index is 1.69. The molecule has 0 unspecified atom stereocenters. The minimum Gasteiger partial charge on any atom is -0.497 e. The van der Waals surface area contributed by atoms with Crippen molar-refractivity contribution >= 4 is 33.4 Å². The summed E-state index contributed by atoms with van der Waals surface area (Å²) in [4.78, 5) is 29.5. The molecule has 0 radical (unpaired) electrons. The van der Waals surface area contributed by atoms with E-state index in [1.54, 1.807) is 30.0 Å². The second-order valence-corrected chi connectivity index (χ2v) is 7.73. The molecule has 2 aromatic carbocycles. The van der Waals surface area contributed by atoms with E-state index in [-0.39, 0.29) is 11.8 Å². The van der Waals surface area contributed by atoms with E-state index in [1.807, 2.05) is 36.4 Å². The number of benzene rings is 2. The van der Waals surface area contributed by atoms with Crippen LogP contribution in [0.3, 0.4) is 0 Å². The highest BCUT2D eigenvalue weighted by molar-refractivity contribution is 9.10. The lowest BCUT2D eigenvalue weighted by molar-refractivity contribution is -0.122. The van der Waals surface area contributed by atoms with Gasteiger partial charge in [0.25, 0.3) is 5.91 Å². The van der Waals surface area contributed by atoms with E-state index in [0.29, 0.717) is 25.1 Å². The first-order chi connectivity index (χ1) is 12.5. The molecule has 1 saturated heterocycles. The number of amides is 2. The highest BCUT2D eigenvalue weighted by Gasteiger charge is 2.54. The predicted octanol–water partition coefficient (Wildman–Crippen LogP) is 3.22. The number of methoxy groups -OCH3 is 1. The van der Waals surface area contributed by atoms with Crippen LogP contribution in [-0.4, -0.2) is 44.0 Å². The molecule has 2 aliphatic heterocycles. The van der Waals surface area contributed by atoms with Crippen molar-refractivity contribution in [2.45, 2.75) is 11.8 Å². The van der Waals surface area contributed by atoms with Gasteiger partial charge in [-0.2, -0.15) is 0 Å². The van der Waals surface area contributed by atoms with E-state index in [2.05, 4.69) is 15.9 Å². The molecule has 0 N–H and O–H groups in total. The number of fused-ring (bicyclic) bond motifs is 2. The van der Waals surface area contributed by atoms with E-state index in [4.69, 9.17) is 4.74 Å². The van der Waals surface area contributed by atoms with Crippen molar-refractivity contribution in [3.8, 4) is 5.75 Å². The number of carbonyl (C=O) groups excluding carboxylic acids is 2. The van der Waals surface area contributed by atoms with Crippen LogP contribution in [0.25, 0.3) is 0 Å². The summed E-state index contributed by atoms with van der Waals surface area (Å²) in [6, 6.07) is 13.1. The Hall–Kier alpha value is -2.34. The molecule has 1 fully saturated rings. The summed E-state index contributed by atoms with van der Waals surface area (Å²) in [6.45, 7) is 0.948. The van der Waals surface area contributed by atoms with Gasteiger partial charge in [0.05, 0.1) is 12.5 Å². The molecule has 0 saturated carbocycles. The molecule has 0 aromatic heterocycles. The van der Waals surface area contributed by atoms with Crippen LogP contribution in [0.1, 0.15) is 22.3 Å². The van der Waals surface area contributed by atoms with E-state index in [0.717, 1.165) is 21.5 Å². The molecule has 1 atom stereocenters. The molecule has 0 aliphatic carbocycles. The van der Waals surface area contributed by atoms with Gasteiger partial charge in [-0.25, -0.2) is 0 Å². The number of rotatable bonds is 2. The van der Waals surface area contributed by atoms with Crippen LogP contribution in [0.2, 0.25) is 0 Å². The molecule has 26 heavy (non-hydrogen) atoms. The number of hydrogen-bond donors (Lipinski definition) is 0. The summed E-state index contributed by atoms with van der Waals surface area (Å²) in [5, 5.41) is 0. The minimum absolute atomic E-state index is 0.0463. The molecule has 6 heteroatoms. The second-order valence-electron chi connectivity index (χ2n) is 6.82. The maximum atomic E-state index is 13.1. The highest BCUT2D eigenvalue weighted by Crippen LogP contribution is 2.48. The minimum atomic E-state index is -0.680. The van der Waals surface area contributed by atoms with E-state index < -0.39 is 5.41 Å². The molecule has 2 amide bonds. The summed E-state index contributed by atoms with van der Waals surface area (Å²) < 4.78 is 6.22. The Bertz CT molecular complexity index is 914.